The number of thioether (sulfide) groups is 2. The van der Waals surface area contributed by atoms with Crippen molar-refractivity contribution in [3.05, 3.63) is 65.7 Å². The molecule has 24 heavy (non-hydrogen) atoms. The molecule has 0 saturated carbocycles. The Labute approximate surface area is 152 Å². The first-order chi connectivity index (χ1) is 11.7. The number of nitrogens with zero attached hydrogens (tertiary/aromatic N) is 1. The maximum absolute atomic E-state index is 12.3. The van der Waals surface area contributed by atoms with Crippen LogP contribution in [0.2, 0.25) is 0 Å². The fourth-order valence-corrected chi connectivity index (χ4v) is 5.45. The first-order valence-corrected chi connectivity index (χ1v) is 10.2. The summed E-state index contributed by atoms with van der Waals surface area (Å²) in [5, 5.41) is 3.00. The van der Waals surface area contributed by atoms with Gasteiger partial charge in [0, 0.05) is 42.9 Å². The van der Waals surface area contributed by atoms with Gasteiger partial charge in [-0.15, -0.1) is 23.5 Å². The van der Waals surface area contributed by atoms with Gasteiger partial charge >= 0.3 is 0 Å². The summed E-state index contributed by atoms with van der Waals surface area (Å²) in [5.74, 6) is 2.42. The van der Waals surface area contributed by atoms with Crippen LogP contribution in [0.15, 0.2) is 54.6 Å². The normalized spacial score (nSPS) is 14.5. The predicted octanol–water partition coefficient (Wildman–Crippen LogP) is 4.03. The van der Waals surface area contributed by atoms with Crippen LogP contribution in [0.25, 0.3) is 0 Å². The third-order valence-electron chi connectivity index (χ3n) is 4.00. The zero-order valence-corrected chi connectivity index (χ0v) is 15.4. The van der Waals surface area contributed by atoms with Crippen LogP contribution in [-0.4, -0.2) is 37.6 Å². The van der Waals surface area contributed by atoms with E-state index in [1.54, 1.807) is 0 Å². The second-order valence-corrected chi connectivity index (χ2v) is 8.43. The molecule has 126 valence electrons. The fourth-order valence-electron chi connectivity index (χ4n) is 2.59. The molecule has 0 bridgehead atoms. The molecule has 5 heteroatoms. The van der Waals surface area contributed by atoms with Gasteiger partial charge in [-0.05, 0) is 29.8 Å². The molecule has 1 fully saturated rings. The van der Waals surface area contributed by atoms with Crippen molar-refractivity contribution in [2.75, 3.05) is 36.5 Å². The van der Waals surface area contributed by atoms with E-state index >= 15 is 0 Å². The van der Waals surface area contributed by atoms with E-state index in [1.807, 2.05) is 60.9 Å². The Morgan fingerprint density at radius 1 is 1.08 bits per heavy atom. The van der Waals surface area contributed by atoms with E-state index in [1.165, 1.54) is 17.1 Å². The molecule has 2 aromatic carbocycles. The van der Waals surface area contributed by atoms with E-state index in [2.05, 4.69) is 34.5 Å². The number of carbonyl (C=O) groups excluding carboxylic acids is 1. The highest BCUT2D eigenvalue weighted by atomic mass is 32.2. The van der Waals surface area contributed by atoms with Gasteiger partial charge < -0.3 is 10.2 Å². The smallest absolute Gasteiger partial charge is 0.251 e. The van der Waals surface area contributed by atoms with Crippen LogP contribution in [0.5, 0.6) is 0 Å². The summed E-state index contributed by atoms with van der Waals surface area (Å²) in [6.07, 6.45) is 0. The summed E-state index contributed by atoms with van der Waals surface area (Å²) >= 11 is 3.96. The quantitative estimate of drug-likeness (QED) is 0.845. The molecule has 2 aromatic rings. The lowest BCUT2D eigenvalue weighted by Crippen LogP contribution is -2.32. The van der Waals surface area contributed by atoms with Gasteiger partial charge in [0.2, 0.25) is 0 Å². The largest absolute Gasteiger partial charge is 0.373 e. The molecule has 0 radical (unpaired) electrons. The van der Waals surface area contributed by atoms with Crippen LogP contribution in [0, 0.1) is 0 Å². The van der Waals surface area contributed by atoms with E-state index in [9.17, 15) is 4.79 Å². The van der Waals surface area contributed by atoms with Crippen LogP contribution in [-0.2, 0) is 0 Å². The minimum atomic E-state index is -0.00487. The van der Waals surface area contributed by atoms with Crippen molar-refractivity contribution < 1.29 is 4.79 Å². The van der Waals surface area contributed by atoms with Gasteiger partial charge in [-0.2, -0.15) is 0 Å². The summed E-state index contributed by atoms with van der Waals surface area (Å²) < 4.78 is 0.529. The predicted molar refractivity (Wildman–Crippen MR) is 106 cm³/mol. The van der Waals surface area contributed by atoms with E-state index in [-0.39, 0.29) is 5.91 Å². The van der Waals surface area contributed by atoms with Gasteiger partial charge in [-0.3, -0.25) is 4.79 Å². The molecule has 0 spiro atoms. The minimum Gasteiger partial charge on any atom is -0.373 e. The van der Waals surface area contributed by atoms with Gasteiger partial charge in [0.25, 0.3) is 5.91 Å². The Balaban J connectivity index is 1.48. The van der Waals surface area contributed by atoms with Crippen LogP contribution in [0.3, 0.4) is 0 Å². The molecule has 1 amide bonds. The molecule has 0 unspecified atom stereocenters. The summed E-state index contributed by atoms with van der Waals surface area (Å²) in [5.41, 5.74) is 3.19. The molecule has 1 saturated heterocycles. The van der Waals surface area contributed by atoms with Crippen molar-refractivity contribution in [3.63, 3.8) is 0 Å². The number of hydrogen-bond donors (Lipinski definition) is 1. The lowest BCUT2D eigenvalue weighted by Gasteiger charge is -2.19. The van der Waals surface area contributed by atoms with Crippen molar-refractivity contribution in [3.8, 4) is 0 Å². The number of likely N-dealkylation sites (N-methyl/N-ethyl adjacent to an activating group) is 1. The van der Waals surface area contributed by atoms with Gasteiger partial charge in [0.05, 0.1) is 4.58 Å². The van der Waals surface area contributed by atoms with Gasteiger partial charge in [0.1, 0.15) is 0 Å². The SMILES string of the molecule is CN(CCNC(=O)c1ccc(C2SCCS2)cc1)c1ccccc1. The average molecular weight is 359 g/mol. The summed E-state index contributed by atoms with van der Waals surface area (Å²) in [4.78, 5) is 14.4. The Kier molecular flexibility index (Phi) is 6.10. The molecular formula is C19H22N2OS2. The number of para-hydroxylation sites is 1. The van der Waals surface area contributed by atoms with Crippen LogP contribution >= 0.6 is 23.5 Å². The highest BCUT2D eigenvalue weighted by Crippen LogP contribution is 2.45. The number of amides is 1. The molecule has 0 aliphatic carbocycles. The number of carbonyl (C=O) groups is 1. The lowest BCUT2D eigenvalue weighted by atomic mass is 10.1. The standard InChI is InChI=1S/C19H22N2OS2/c1-21(17-5-3-2-4-6-17)12-11-20-18(22)15-7-9-16(10-8-15)19-23-13-14-24-19/h2-10,19H,11-14H2,1H3,(H,20,22). The molecule has 0 aromatic heterocycles. The Hall–Kier alpha value is -1.59. The van der Waals surface area contributed by atoms with E-state index < -0.39 is 0 Å². The van der Waals surface area contributed by atoms with Crippen molar-refractivity contribution in [1.82, 2.24) is 5.32 Å². The van der Waals surface area contributed by atoms with E-state index in [0.717, 1.165) is 17.8 Å². The first kappa shape index (κ1) is 17.2. The van der Waals surface area contributed by atoms with Crippen molar-refractivity contribution in [1.29, 1.82) is 0 Å². The average Bonchev–Trinajstić information content (AvgIpc) is 3.17. The highest BCUT2D eigenvalue weighted by molar-refractivity contribution is 8.19. The monoisotopic (exact) mass is 358 g/mol. The van der Waals surface area contributed by atoms with Crippen LogP contribution in [0.4, 0.5) is 5.69 Å². The van der Waals surface area contributed by atoms with Gasteiger partial charge in [0.15, 0.2) is 0 Å². The van der Waals surface area contributed by atoms with E-state index in [4.69, 9.17) is 0 Å². The van der Waals surface area contributed by atoms with Crippen molar-refractivity contribution in [2.24, 2.45) is 0 Å². The van der Waals surface area contributed by atoms with E-state index in [0.29, 0.717) is 11.1 Å². The summed E-state index contributed by atoms with van der Waals surface area (Å²) in [7, 11) is 2.03. The third kappa shape index (κ3) is 4.48. The zero-order valence-electron chi connectivity index (χ0n) is 13.8. The molecule has 3 nitrogen and oxygen atoms in total. The number of anilines is 1. The van der Waals surface area contributed by atoms with Gasteiger partial charge in [-0.25, -0.2) is 0 Å². The Morgan fingerprint density at radius 2 is 1.75 bits per heavy atom. The second-order valence-electron chi connectivity index (χ2n) is 5.71. The Bertz CT molecular complexity index is 655. The number of hydrogen-bond acceptors (Lipinski definition) is 4. The molecular weight excluding hydrogens is 336 g/mol. The maximum Gasteiger partial charge on any atom is 0.251 e. The van der Waals surface area contributed by atoms with Crippen LogP contribution in [0.1, 0.15) is 20.5 Å². The minimum absolute atomic E-state index is 0.00487. The Morgan fingerprint density at radius 3 is 2.42 bits per heavy atom. The number of rotatable bonds is 6. The van der Waals surface area contributed by atoms with Crippen molar-refractivity contribution >= 4 is 35.1 Å². The van der Waals surface area contributed by atoms with Crippen molar-refractivity contribution in [2.45, 2.75) is 4.58 Å². The fraction of sp³-hybridized carbons (Fsp3) is 0.316. The maximum atomic E-state index is 12.3. The highest BCUT2D eigenvalue weighted by Gasteiger charge is 2.18. The summed E-state index contributed by atoms with van der Waals surface area (Å²) in [6.45, 7) is 1.41. The topological polar surface area (TPSA) is 32.3 Å². The molecule has 1 aliphatic rings. The third-order valence-corrected chi connectivity index (χ3v) is 7.10. The number of benzene rings is 2. The molecule has 1 heterocycles. The lowest BCUT2D eigenvalue weighted by molar-refractivity contribution is 0.0954. The zero-order chi connectivity index (χ0) is 16.8. The molecule has 1 N–H and O–H groups in total. The first-order valence-electron chi connectivity index (χ1n) is 8.11. The number of nitrogens with one attached hydrogen (secondary N) is 1. The molecule has 3 rings (SSSR count). The second kappa shape index (κ2) is 8.49. The molecule has 0 atom stereocenters. The summed E-state index contributed by atoms with van der Waals surface area (Å²) in [6, 6.07) is 18.2. The van der Waals surface area contributed by atoms with Gasteiger partial charge in [-0.1, -0.05) is 30.3 Å². The molecule has 1 aliphatic heterocycles. The van der Waals surface area contributed by atoms with Crippen LogP contribution < -0.4 is 10.2 Å².